The van der Waals surface area contributed by atoms with Gasteiger partial charge < -0.3 is 15.4 Å². The van der Waals surface area contributed by atoms with E-state index in [1.54, 1.807) is 0 Å². The minimum Gasteiger partial charge on any atom is -0.494 e. The molecular formula is C19H33N3O2. The number of likely N-dealkylation sites (N-methyl/N-ethyl adjacent to an activating group) is 1. The van der Waals surface area contributed by atoms with Crippen LogP contribution in [-0.2, 0) is 0 Å². The molecule has 2 N–H and O–H groups in total. The zero-order valence-corrected chi connectivity index (χ0v) is 15.8. The topological polar surface area (TPSA) is 53.6 Å². The summed E-state index contributed by atoms with van der Waals surface area (Å²) in [7, 11) is 0. The van der Waals surface area contributed by atoms with Crippen LogP contribution in [0.5, 0.6) is 5.75 Å². The number of amides is 2. The number of ether oxygens (including phenoxy) is 1. The molecule has 0 saturated heterocycles. The number of rotatable bonds is 10. The molecule has 0 saturated carbocycles. The van der Waals surface area contributed by atoms with Crippen LogP contribution >= 0.6 is 0 Å². The molecule has 0 radical (unpaired) electrons. The Bertz CT molecular complexity index is 470. The molecule has 2 amide bonds. The lowest BCUT2D eigenvalue weighted by Crippen LogP contribution is -2.45. The predicted octanol–water partition coefficient (Wildman–Crippen LogP) is 3.96. The molecule has 0 aliphatic carbocycles. The van der Waals surface area contributed by atoms with Gasteiger partial charge in [0, 0.05) is 18.3 Å². The zero-order valence-electron chi connectivity index (χ0n) is 15.8. The summed E-state index contributed by atoms with van der Waals surface area (Å²) in [6.45, 7) is 14.0. The first-order valence-corrected chi connectivity index (χ1v) is 9.01. The Balaban J connectivity index is 2.52. The van der Waals surface area contributed by atoms with Gasteiger partial charge >= 0.3 is 6.03 Å². The average Bonchev–Trinajstić information content (AvgIpc) is 2.55. The van der Waals surface area contributed by atoms with Gasteiger partial charge in [-0.3, -0.25) is 4.90 Å². The number of nitrogens with one attached hydrogen (secondary N) is 2. The molecule has 1 unspecified atom stereocenters. The lowest BCUT2D eigenvalue weighted by Gasteiger charge is -2.31. The molecule has 0 aliphatic heterocycles. The van der Waals surface area contributed by atoms with E-state index in [1.807, 2.05) is 31.2 Å². The van der Waals surface area contributed by atoms with E-state index in [2.05, 4.69) is 43.2 Å². The highest BCUT2D eigenvalue weighted by molar-refractivity contribution is 5.89. The Morgan fingerprint density at radius 3 is 2.25 bits per heavy atom. The summed E-state index contributed by atoms with van der Waals surface area (Å²) in [6.07, 6.45) is 1.07. The summed E-state index contributed by atoms with van der Waals surface area (Å²) >= 11 is 0. The first-order chi connectivity index (χ1) is 11.5. The zero-order chi connectivity index (χ0) is 17.9. The second-order valence-corrected chi connectivity index (χ2v) is 6.30. The Labute approximate surface area is 146 Å². The molecule has 0 fully saturated rings. The molecule has 1 aromatic rings. The molecule has 1 rings (SSSR count). The van der Waals surface area contributed by atoms with Gasteiger partial charge in [-0.2, -0.15) is 0 Å². The van der Waals surface area contributed by atoms with Gasteiger partial charge in [0.25, 0.3) is 0 Å². The van der Waals surface area contributed by atoms with Gasteiger partial charge in [0.15, 0.2) is 0 Å². The van der Waals surface area contributed by atoms with E-state index < -0.39 is 0 Å². The molecule has 5 nitrogen and oxygen atoms in total. The minimum atomic E-state index is -0.167. The fourth-order valence-electron chi connectivity index (χ4n) is 2.83. The normalized spacial score (nSPS) is 12.3. The third-order valence-corrected chi connectivity index (χ3v) is 3.99. The largest absolute Gasteiger partial charge is 0.494 e. The second kappa shape index (κ2) is 10.9. The van der Waals surface area contributed by atoms with Crippen molar-refractivity contribution in [1.82, 2.24) is 10.2 Å². The quantitative estimate of drug-likeness (QED) is 0.680. The number of benzene rings is 1. The van der Waals surface area contributed by atoms with E-state index in [1.165, 1.54) is 0 Å². The van der Waals surface area contributed by atoms with E-state index in [-0.39, 0.29) is 6.03 Å². The number of urea groups is 1. The van der Waals surface area contributed by atoms with Crippen molar-refractivity contribution in [3.63, 3.8) is 0 Å². The van der Waals surface area contributed by atoms with Gasteiger partial charge in [0.05, 0.1) is 6.61 Å². The molecule has 136 valence electrons. The Hall–Kier alpha value is -1.75. The van der Waals surface area contributed by atoms with Crippen LogP contribution < -0.4 is 15.4 Å². The fourth-order valence-corrected chi connectivity index (χ4v) is 2.83. The SMILES string of the molecule is CCOc1ccc(NC(=O)NCC(CC(C)C)N(CC)CC)cc1. The summed E-state index contributed by atoms with van der Waals surface area (Å²) in [5, 5.41) is 5.87. The lowest BCUT2D eigenvalue weighted by atomic mass is 10.0. The third-order valence-electron chi connectivity index (χ3n) is 3.99. The predicted molar refractivity (Wildman–Crippen MR) is 101 cm³/mol. The highest BCUT2D eigenvalue weighted by Gasteiger charge is 2.18. The van der Waals surface area contributed by atoms with Crippen LogP contribution in [0.1, 0.15) is 41.0 Å². The molecule has 0 aromatic heterocycles. The Kier molecular flexibility index (Phi) is 9.23. The van der Waals surface area contributed by atoms with Crippen molar-refractivity contribution in [2.75, 3.05) is 31.6 Å². The maximum absolute atomic E-state index is 12.1. The van der Waals surface area contributed by atoms with Crippen LogP contribution in [0.4, 0.5) is 10.5 Å². The fraction of sp³-hybridized carbons (Fsp3) is 0.632. The van der Waals surface area contributed by atoms with Crippen molar-refractivity contribution in [2.24, 2.45) is 5.92 Å². The van der Waals surface area contributed by atoms with Gasteiger partial charge in [-0.25, -0.2) is 4.79 Å². The number of anilines is 1. The molecule has 0 aliphatic rings. The molecule has 1 atom stereocenters. The summed E-state index contributed by atoms with van der Waals surface area (Å²) in [6, 6.07) is 7.61. The van der Waals surface area contributed by atoms with Crippen molar-refractivity contribution >= 4 is 11.7 Å². The van der Waals surface area contributed by atoms with Crippen LogP contribution in [0.2, 0.25) is 0 Å². The smallest absolute Gasteiger partial charge is 0.319 e. The van der Waals surface area contributed by atoms with E-state index in [0.717, 1.165) is 30.9 Å². The molecule has 0 bridgehead atoms. The van der Waals surface area contributed by atoms with Gasteiger partial charge in [0.1, 0.15) is 5.75 Å². The minimum absolute atomic E-state index is 0.167. The number of carbonyl (C=O) groups is 1. The van der Waals surface area contributed by atoms with Gasteiger partial charge in [-0.1, -0.05) is 27.7 Å². The highest BCUT2D eigenvalue weighted by Crippen LogP contribution is 2.15. The lowest BCUT2D eigenvalue weighted by molar-refractivity contribution is 0.186. The highest BCUT2D eigenvalue weighted by atomic mass is 16.5. The summed E-state index contributed by atoms with van der Waals surface area (Å²) < 4.78 is 5.40. The second-order valence-electron chi connectivity index (χ2n) is 6.30. The van der Waals surface area contributed by atoms with E-state index in [9.17, 15) is 4.79 Å². The van der Waals surface area contributed by atoms with Gasteiger partial charge in [-0.05, 0) is 56.6 Å². The van der Waals surface area contributed by atoms with E-state index in [4.69, 9.17) is 4.74 Å². The molecule has 0 heterocycles. The number of nitrogens with zero attached hydrogens (tertiary/aromatic N) is 1. The van der Waals surface area contributed by atoms with E-state index >= 15 is 0 Å². The van der Waals surface area contributed by atoms with Crippen LogP contribution in [0.25, 0.3) is 0 Å². The van der Waals surface area contributed by atoms with Crippen LogP contribution in [0, 0.1) is 5.92 Å². The number of hydrogen-bond donors (Lipinski definition) is 2. The summed E-state index contributed by atoms with van der Waals surface area (Å²) in [5.41, 5.74) is 0.763. The molecule has 0 spiro atoms. The standard InChI is InChI=1S/C19H33N3O2/c1-6-22(7-2)17(13-15(4)5)14-20-19(23)21-16-9-11-18(12-10-16)24-8-3/h9-12,15,17H,6-8,13-14H2,1-5H3,(H2,20,21,23). The average molecular weight is 335 g/mol. The van der Waals surface area contributed by atoms with Crippen LogP contribution in [0.3, 0.4) is 0 Å². The monoisotopic (exact) mass is 335 g/mol. The van der Waals surface area contributed by atoms with Crippen molar-refractivity contribution in [3.05, 3.63) is 24.3 Å². The maximum atomic E-state index is 12.1. The van der Waals surface area contributed by atoms with Crippen LogP contribution in [-0.4, -0.2) is 43.2 Å². The van der Waals surface area contributed by atoms with E-state index in [0.29, 0.717) is 25.1 Å². The maximum Gasteiger partial charge on any atom is 0.319 e. The van der Waals surface area contributed by atoms with Crippen molar-refractivity contribution < 1.29 is 9.53 Å². The molecule has 24 heavy (non-hydrogen) atoms. The molecule has 1 aromatic carbocycles. The van der Waals surface area contributed by atoms with Gasteiger partial charge in [0.2, 0.25) is 0 Å². The number of carbonyl (C=O) groups excluding carboxylic acids is 1. The van der Waals surface area contributed by atoms with Crippen molar-refractivity contribution in [2.45, 2.75) is 47.1 Å². The van der Waals surface area contributed by atoms with Crippen molar-refractivity contribution in [3.8, 4) is 5.75 Å². The Morgan fingerprint density at radius 2 is 1.75 bits per heavy atom. The molecular weight excluding hydrogens is 302 g/mol. The molecule has 5 heteroatoms. The summed E-state index contributed by atoms with van der Waals surface area (Å²) in [4.78, 5) is 14.5. The summed E-state index contributed by atoms with van der Waals surface area (Å²) in [5.74, 6) is 1.41. The van der Waals surface area contributed by atoms with Crippen molar-refractivity contribution in [1.29, 1.82) is 0 Å². The first kappa shape index (κ1) is 20.3. The Morgan fingerprint density at radius 1 is 1.12 bits per heavy atom. The first-order valence-electron chi connectivity index (χ1n) is 9.01. The van der Waals surface area contributed by atoms with Crippen LogP contribution in [0.15, 0.2) is 24.3 Å². The third kappa shape index (κ3) is 7.21. The van der Waals surface area contributed by atoms with Gasteiger partial charge in [-0.15, -0.1) is 0 Å². The number of hydrogen-bond acceptors (Lipinski definition) is 3.